The Morgan fingerprint density at radius 3 is 2.82 bits per heavy atom. The molecule has 0 spiro atoms. The molecule has 0 aromatic carbocycles. The van der Waals surface area contributed by atoms with Crippen molar-refractivity contribution in [1.82, 2.24) is 0 Å². The summed E-state index contributed by atoms with van der Waals surface area (Å²) in [5.74, 6) is -1.22. The molecule has 1 aliphatic rings. The van der Waals surface area contributed by atoms with Gasteiger partial charge in [-0.15, -0.1) is 0 Å². The van der Waals surface area contributed by atoms with Gasteiger partial charge in [-0.05, 0) is 48.1 Å². The minimum Gasteiger partial charge on any atom is -0.325 e. The zero-order chi connectivity index (χ0) is 12.5. The number of nitrogens with two attached hydrogens (primary N) is 1. The number of thiophene rings is 1. The first-order chi connectivity index (χ1) is 7.89. The molecule has 1 aromatic rings. The topological polar surface area (TPSA) is 26.0 Å². The van der Waals surface area contributed by atoms with Crippen LogP contribution in [0.15, 0.2) is 16.8 Å². The van der Waals surface area contributed by atoms with Gasteiger partial charge in [-0.3, -0.25) is 0 Å². The summed E-state index contributed by atoms with van der Waals surface area (Å²) in [5, 5.41) is 3.90. The second kappa shape index (κ2) is 4.61. The van der Waals surface area contributed by atoms with Crippen molar-refractivity contribution in [2.24, 2.45) is 11.7 Å². The summed E-state index contributed by atoms with van der Waals surface area (Å²) in [6.07, 6.45) is -1.98. The van der Waals surface area contributed by atoms with Gasteiger partial charge < -0.3 is 5.73 Å². The SMILES string of the molecule is NC1(Cc2ccsc2)CCCC(C(F)(F)F)C1. The first-order valence-corrected chi connectivity index (χ1v) is 6.70. The molecule has 5 heteroatoms. The van der Waals surface area contributed by atoms with Gasteiger partial charge in [0.25, 0.3) is 0 Å². The van der Waals surface area contributed by atoms with E-state index in [4.69, 9.17) is 5.73 Å². The molecular weight excluding hydrogens is 247 g/mol. The molecule has 2 rings (SSSR count). The van der Waals surface area contributed by atoms with Crippen LogP contribution in [0.4, 0.5) is 13.2 Å². The maximum absolute atomic E-state index is 12.7. The summed E-state index contributed by atoms with van der Waals surface area (Å²) in [6.45, 7) is 0. The molecule has 96 valence electrons. The van der Waals surface area contributed by atoms with E-state index in [-0.39, 0.29) is 12.8 Å². The predicted molar refractivity (Wildman–Crippen MR) is 63.0 cm³/mol. The van der Waals surface area contributed by atoms with Crippen molar-refractivity contribution in [2.75, 3.05) is 0 Å². The standard InChI is InChI=1S/C12H16F3NS/c13-12(14,15)10-2-1-4-11(16,7-10)6-9-3-5-17-8-9/h3,5,8,10H,1-2,4,6-7,16H2. The van der Waals surface area contributed by atoms with Gasteiger partial charge in [0, 0.05) is 5.54 Å². The molecule has 2 unspecified atom stereocenters. The van der Waals surface area contributed by atoms with Gasteiger partial charge >= 0.3 is 6.18 Å². The Morgan fingerprint density at radius 2 is 2.24 bits per heavy atom. The van der Waals surface area contributed by atoms with Gasteiger partial charge in [-0.1, -0.05) is 6.42 Å². The molecule has 0 saturated heterocycles. The van der Waals surface area contributed by atoms with Crippen molar-refractivity contribution in [1.29, 1.82) is 0 Å². The molecule has 0 bridgehead atoms. The molecule has 0 aliphatic heterocycles. The van der Waals surface area contributed by atoms with Crippen LogP contribution >= 0.6 is 11.3 Å². The molecular formula is C12H16F3NS. The van der Waals surface area contributed by atoms with Crippen LogP contribution < -0.4 is 5.73 Å². The van der Waals surface area contributed by atoms with Gasteiger partial charge in [0.05, 0.1) is 5.92 Å². The van der Waals surface area contributed by atoms with E-state index in [1.165, 1.54) is 0 Å². The fourth-order valence-electron chi connectivity index (χ4n) is 2.64. The second-order valence-electron chi connectivity index (χ2n) is 5.01. The maximum atomic E-state index is 12.7. The smallest absolute Gasteiger partial charge is 0.325 e. The minimum absolute atomic E-state index is 0.0619. The van der Waals surface area contributed by atoms with Crippen molar-refractivity contribution in [2.45, 2.75) is 43.8 Å². The number of rotatable bonds is 2. The maximum Gasteiger partial charge on any atom is 0.391 e. The number of hydrogen-bond acceptors (Lipinski definition) is 2. The van der Waals surface area contributed by atoms with Crippen molar-refractivity contribution in [3.63, 3.8) is 0 Å². The van der Waals surface area contributed by atoms with E-state index >= 15 is 0 Å². The Balaban J connectivity index is 2.05. The average Bonchev–Trinajstić information content (AvgIpc) is 2.68. The number of hydrogen-bond donors (Lipinski definition) is 1. The Hall–Kier alpha value is -0.550. The van der Waals surface area contributed by atoms with Gasteiger partial charge in [-0.25, -0.2) is 0 Å². The van der Waals surface area contributed by atoms with Crippen molar-refractivity contribution < 1.29 is 13.2 Å². The summed E-state index contributed by atoms with van der Waals surface area (Å²) in [6, 6.07) is 1.94. The molecule has 0 radical (unpaired) electrons. The summed E-state index contributed by atoms with van der Waals surface area (Å²) < 4.78 is 38.1. The lowest BCUT2D eigenvalue weighted by molar-refractivity contribution is -0.187. The third kappa shape index (κ3) is 3.22. The zero-order valence-corrected chi connectivity index (χ0v) is 10.3. The molecule has 1 heterocycles. The number of alkyl halides is 3. The molecule has 1 saturated carbocycles. The first-order valence-electron chi connectivity index (χ1n) is 5.76. The molecule has 2 atom stereocenters. The molecule has 1 fully saturated rings. The molecule has 1 nitrogen and oxygen atoms in total. The van der Waals surface area contributed by atoms with E-state index in [0.717, 1.165) is 5.56 Å². The summed E-state index contributed by atoms with van der Waals surface area (Å²) in [5.41, 5.74) is 6.52. The Labute approximate surface area is 103 Å². The highest BCUT2D eigenvalue weighted by Gasteiger charge is 2.46. The monoisotopic (exact) mass is 263 g/mol. The van der Waals surface area contributed by atoms with Crippen LogP contribution in [0.1, 0.15) is 31.2 Å². The van der Waals surface area contributed by atoms with Crippen molar-refractivity contribution >= 4 is 11.3 Å². The highest BCUT2D eigenvalue weighted by atomic mass is 32.1. The van der Waals surface area contributed by atoms with Gasteiger partial charge in [0.1, 0.15) is 0 Å². The normalized spacial score (nSPS) is 30.5. The third-order valence-corrected chi connectivity index (χ3v) is 4.21. The van der Waals surface area contributed by atoms with Crippen LogP contribution in [0.2, 0.25) is 0 Å². The molecule has 1 aliphatic carbocycles. The highest BCUT2D eigenvalue weighted by Crippen LogP contribution is 2.41. The lowest BCUT2D eigenvalue weighted by atomic mass is 9.73. The van der Waals surface area contributed by atoms with Crippen LogP contribution in [0.25, 0.3) is 0 Å². The zero-order valence-electron chi connectivity index (χ0n) is 9.46. The van der Waals surface area contributed by atoms with Crippen LogP contribution in [-0.4, -0.2) is 11.7 Å². The quantitative estimate of drug-likeness (QED) is 0.864. The second-order valence-corrected chi connectivity index (χ2v) is 5.79. The summed E-state index contributed by atoms with van der Waals surface area (Å²) in [7, 11) is 0. The molecule has 2 N–H and O–H groups in total. The van der Waals surface area contributed by atoms with Gasteiger partial charge in [-0.2, -0.15) is 24.5 Å². The van der Waals surface area contributed by atoms with Gasteiger partial charge in [0.2, 0.25) is 0 Å². The summed E-state index contributed by atoms with van der Waals surface area (Å²) >= 11 is 1.56. The van der Waals surface area contributed by atoms with Crippen molar-refractivity contribution in [3.8, 4) is 0 Å². The van der Waals surface area contributed by atoms with Crippen LogP contribution in [0.3, 0.4) is 0 Å². The lowest BCUT2D eigenvalue weighted by Gasteiger charge is -2.38. The number of halogens is 3. The minimum atomic E-state index is -4.10. The summed E-state index contributed by atoms with van der Waals surface area (Å²) in [4.78, 5) is 0. The average molecular weight is 263 g/mol. The predicted octanol–water partition coefficient (Wildman–Crippen LogP) is 3.74. The molecule has 0 amide bonds. The van der Waals surface area contributed by atoms with E-state index < -0.39 is 17.6 Å². The first kappa shape index (κ1) is 12.9. The van der Waals surface area contributed by atoms with Crippen LogP contribution in [0.5, 0.6) is 0 Å². The Bertz CT molecular complexity index is 360. The van der Waals surface area contributed by atoms with Crippen LogP contribution in [0, 0.1) is 5.92 Å². The molecule has 1 aromatic heterocycles. The van der Waals surface area contributed by atoms with E-state index in [9.17, 15) is 13.2 Å². The van der Waals surface area contributed by atoms with E-state index in [1.54, 1.807) is 11.3 Å². The van der Waals surface area contributed by atoms with Crippen LogP contribution in [-0.2, 0) is 6.42 Å². The van der Waals surface area contributed by atoms with Crippen molar-refractivity contribution in [3.05, 3.63) is 22.4 Å². The highest BCUT2D eigenvalue weighted by molar-refractivity contribution is 7.07. The Morgan fingerprint density at radius 1 is 1.47 bits per heavy atom. The Kier molecular flexibility index (Phi) is 3.50. The third-order valence-electron chi connectivity index (χ3n) is 3.48. The van der Waals surface area contributed by atoms with Gasteiger partial charge in [0.15, 0.2) is 0 Å². The van der Waals surface area contributed by atoms with E-state index in [1.807, 2.05) is 16.8 Å². The molecule has 17 heavy (non-hydrogen) atoms. The fraction of sp³-hybridized carbons (Fsp3) is 0.667. The fourth-order valence-corrected chi connectivity index (χ4v) is 3.30. The van der Waals surface area contributed by atoms with E-state index in [0.29, 0.717) is 19.3 Å². The lowest BCUT2D eigenvalue weighted by Crippen LogP contribution is -2.48. The van der Waals surface area contributed by atoms with E-state index in [2.05, 4.69) is 0 Å². The largest absolute Gasteiger partial charge is 0.391 e.